The average molecular weight is 402 g/mol. The molecule has 1 aromatic rings. The first-order valence-corrected chi connectivity index (χ1v) is 11.1. The molecule has 160 valence electrons. The standard InChI is InChI=1S/C24H35NO4/c1-24(2,3)25-15-14-17-12-13-20(28-22(26)18-8-4-5-9-18)21(16-17)29-23(27)19-10-6-7-11-19/h12-13,16,18-19,25H,4-11,14-15H2,1-3H3. The van der Waals surface area contributed by atoms with Crippen molar-refractivity contribution < 1.29 is 19.1 Å². The topological polar surface area (TPSA) is 64.6 Å². The molecular formula is C24H35NO4. The summed E-state index contributed by atoms with van der Waals surface area (Å²) in [5.41, 5.74) is 1.10. The van der Waals surface area contributed by atoms with Gasteiger partial charge in [-0.1, -0.05) is 31.7 Å². The Balaban J connectivity index is 1.72. The Labute approximate surface area is 174 Å². The number of hydrogen-bond acceptors (Lipinski definition) is 5. The molecule has 2 fully saturated rings. The first-order chi connectivity index (χ1) is 13.8. The van der Waals surface area contributed by atoms with Crippen molar-refractivity contribution in [2.24, 2.45) is 11.8 Å². The van der Waals surface area contributed by atoms with Gasteiger partial charge in [-0.05, 0) is 77.1 Å². The van der Waals surface area contributed by atoms with E-state index in [1.165, 1.54) is 0 Å². The first kappa shape index (κ1) is 21.8. The van der Waals surface area contributed by atoms with Crippen LogP contribution >= 0.6 is 0 Å². The number of ether oxygens (including phenoxy) is 2. The normalized spacial score (nSPS) is 18.2. The van der Waals surface area contributed by atoms with E-state index in [9.17, 15) is 9.59 Å². The second-order valence-electron chi connectivity index (χ2n) is 9.51. The fraction of sp³-hybridized carbons (Fsp3) is 0.667. The van der Waals surface area contributed by atoms with Crippen LogP contribution in [-0.4, -0.2) is 24.0 Å². The van der Waals surface area contributed by atoms with Crippen LogP contribution in [0.3, 0.4) is 0 Å². The highest BCUT2D eigenvalue weighted by molar-refractivity contribution is 5.79. The zero-order valence-corrected chi connectivity index (χ0v) is 18.1. The summed E-state index contributed by atoms with van der Waals surface area (Å²) in [5.74, 6) is 0.249. The summed E-state index contributed by atoms with van der Waals surface area (Å²) in [7, 11) is 0. The average Bonchev–Trinajstić information content (AvgIpc) is 3.36. The molecule has 0 aliphatic heterocycles. The lowest BCUT2D eigenvalue weighted by molar-refractivity contribution is -0.141. The predicted molar refractivity (Wildman–Crippen MR) is 113 cm³/mol. The van der Waals surface area contributed by atoms with Gasteiger partial charge in [0, 0.05) is 5.54 Å². The van der Waals surface area contributed by atoms with Crippen LogP contribution in [0.1, 0.15) is 77.7 Å². The van der Waals surface area contributed by atoms with Crippen molar-refractivity contribution in [3.05, 3.63) is 23.8 Å². The maximum absolute atomic E-state index is 12.6. The number of nitrogens with one attached hydrogen (secondary N) is 1. The van der Waals surface area contributed by atoms with E-state index in [1.807, 2.05) is 12.1 Å². The van der Waals surface area contributed by atoms with Gasteiger partial charge in [0.25, 0.3) is 0 Å². The molecule has 1 aromatic carbocycles. The highest BCUT2D eigenvalue weighted by Gasteiger charge is 2.28. The van der Waals surface area contributed by atoms with Crippen molar-refractivity contribution in [3.63, 3.8) is 0 Å². The van der Waals surface area contributed by atoms with Crippen LogP contribution in [0.2, 0.25) is 0 Å². The van der Waals surface area contributed by atoms with Crippen LogP contribution in [0.5, 0.6) is 11.5 Å². The molecule has 0 radical (unpaired) electrons. The van der Waals surface area contributed by atoms with Crippen LogP contribution in [0.4, 0.5) is 0 Å². The molecule has 2 saturated carbocycles. The van der Waals surface area contributed by atoms with Crippen molar-refractivity contribution in [2.75, 3.05) is 6.54 Å². The Morgan fingerprint density at radius 2 is 1.41 bits per heavy atom. The van der Waals surface area contributed by atoms with E-state index in [0.717, 1.165) is 69.9 Å². The quantitative estimate of drug-likeness (QED) is 0.525. The van der Waals surface area contributed by atoms with E-state index >= 15 is 0 Å². The van der Waals surface area contributed by atoms with E-state index in [0.29, 0.717) is 11.5 Å². The van der Waals surface area contributed by atoms with E-state index in [-0.39, 0.29) is 29.3 Å². The second kappa shape index (κ2) is 9.75. The van der Waals surface area contributed by atoms with Crippen molar-refractivity contribution >= 4 is 11.9 Å². The number of hydrogen-bond donors (Lipinski definition) is 1. The SMILES string of the molecule is CC(C)(C)NCCc1ccc(OC(=O)C2CCCC2)c(OC(=O)C2CCCC2)c1. The molecule has 5 heteroatoms. The number of carbonyl (C=O) groups is 2. The van der Waals surface area contributed by atoms with Crippen LogP contribution < -0.4 is 14.8 Å². The number of benzene rings is 1. The third-order valence-electron chi connectivity index (χ3n) is 5.88. The van der Waals surface area contributed by atoms with Gasteiger partial charge in [0.15, 0.2) is 11.5 Å². The molecule has 1 N–H and O–H groups in total. The lowest BCUT2D eigenvalue weighted by Crippen LogP contribution is -2.37. The van der Waals surface area contributed by atoms with Crippen molar-refractivity contribution in [2.45, 2.75) is 84.1 Å². The van der Waals surface area contributed by atoms with Crippen LogP contribution in [0.25, 0.3) is 0 Å². The summed E-state index contributed by atoms with van der Waals surface area (Å²) in [6.07, 6.45) is 8.62. The van der Waals surface area contributed by atoms with Crippen LogP contribution in [0.15, 0.2) is 18.2 Å². The van der Waals surface area contributed by atoms with Crippen molar-refractivity contribution in [1.82, 2.24) is 5.32 Å². The van der Waals surface area contributed by atoms with Gasteiger partial charge in [-0.3, -0.25) is 9.59 Å². The van der Waals surface area contributed by atoms with Crippen LogP contribution in [0, 0.1) is 11.8 Å². The summed E-state index contributed by atoms with van der Waals surface area (Å²) in [6, 6.07) is 5.58. The maximum atomic E-state index is 12.6. The van der Waals surface area contributed by atoms with E-state index < -0.39 is 0 Å². The lowest BCUT2D eigenvalue weighted by Gasteiger charge is -2.20. The molecule has 0 aromatic heterocycles. The summed E-state index contributed by atoms with van der Waals surface area (Å²) in [4.78, 5) is 25.1. The van der Waals surface area contributed by atoms with Gasteiger partial charge in [-0.15, -0.1) is 0 Å². The molecule has 0 saturated heterocycles. The molecule has 29 heavy (non-hydrogen) atoms. The van der Waals surface area contributed by atoms with Crippen LogP contribution in [-0.2, 0) is 16.0 Å². The highest BCUT2D eigenvalue weighted by atomic mass is 16.6. The Bertz CT molecular complexity index is 710. The minimum Gasteiger partial charge on any atom is -0.422 e. The summed E-state index contributed by atoms with van der Waals surface area (Å²) < 4.78 is 11.4. The Kier molecular flexibility index (Phi) is 7.33. The van der Waals surface area contributed by atoms with Gasteiger partial charge in [0.05, 0.1) is 11.8 Å². The first-order valence-electron chi connectivity index (χ1n) is 11.1. The Hall–Kier alpha value is -1.88. The second-order valence-corrected chi connectivity index (χ2v) is 9.51. The summed E-state index contributed by atoms with van der Waals surface area (Å²) >= 11 is 0. The van der Waals surface area contributed by atoms with Gasteiger partial charge in [-0.2, -0.15) is 0 Å². The monoisotopic (exact) mass is 401 g/mol. The molecule has 2 aliphatic carbocycles. The number of esters is 2. The fourth-order valence-electron chi connectivity index (χ4n) is 4.16. The molecule has 0 atom stereocenters. The zero-order valence-electron chi connectivity index (χ0n) is 18.1. The molecular weight excluding hydrogens is 366 g/mol. The van der Waals surface area contributed by atoms with Crippen molar-refractivity contribution in [1.29, 1.82) is 0 Å². The molecule has 0 amide bonds. The molecule has 0 bridgehead atoms. The molecule has 3 rings (SSSR count). The summed E-state index contributed by atoms with van der Waals surface area (Å²) in [5, 5.41) is 3.47. The molecule has 0 heterocycles. The number of carbonyl (C=O) groups excluding carboxylic acids is 2. The smallest absolute Gasteiger partial charge is 0.314 e. The largest absolute Gasteiger partial charge is 0.422 e. The van der Waals surface area contributed by atoms with E-state index in [1.54, 1.807) is 6.07 Å². The summed E-state index contributed by atoms with van der Waals surface area (Å²) in [6.45, 7) is 7.22. The molecule has 0 spiro atoms. The Morgan fingerprint density at radius 1 is 0.897 bits per heavy atom. The third-order valence-corrected chi connectivity index (χ3v) is 5.88. The fourth-order valence-corrected chi connectivity index (χ4v) is 4.16. The number of rotatable bonds is 7. The molecule has 5 nitrogen and oxygen atoms in total. The Morgan fingerprint density at radius 3 is 1.93 bits per heavy atom. The lowest BCUT2D eigenvalue weighted by atomic mass is 10.1. The third kappa shape index (κ3) is 6.56. The predicted octanol–water partition coefficient (Wildman–Crippen LogP) is 4.81. The highest BCUT2D eigenvalue weighted by Crippen LogP contribution is 2.34. The van der Waals surface area contributed by atoms with Gasteiger partial charge in [0.2, 0.25) is 0 Å². The van der Waals surface area contributed by atoms with Gasteiger partial charge >= 0.3 is 11.9 Å². The minimum atomic E-state index is -0.206. The van der Waals surface area contributed by atoms with Crippen molar-refractivity contribution in [3.8, 4) is 11.5 Å². The van der Waals surface area contributed by atoms with E-state index in [2.05, 4.69) is 26.1 Å². The van der Waals surface area contributed by atoms with E-state index in [4.69, 9.17) is 9.47 Å². The minimum absolute atomic E-state index is 0.0379. The zero-order chi connectivity index (χ0) is 20.9. The molecule has 2 aliphatic rings. The van der Waals surface area contributed by atoms with Gasteiger partial charge in [-0.25, -0.2) is 0 Å². The molecule has 0 unspecified atom stereocenters. The van der Waals surface area contributed by atoms with Gasteiger partial charge < -0.3 is 14.8 Å². The van der Waals surface area contributed by atoms with Gasteiger partial charge in [0.1, 0.15) is 0 Å². The maximum Gasteiger partial charge on any atom is 0.314 e.